The Labute approximate surface area is 299 Å². The molecular weight excluding hydrogens is 677 g/mol. The Hall–Kier alpha value is -2.00. The maximum absolute atomic E-state index is 12.3. The van der Waals surface area contributed by atoms with E-state index in [0.717, 1.165) is 38.5 Å². The van der Waals surface area contributed by atoms with Gasteiger partial charge in [0.2, 0.25) is 0 Å². The number of hydrogen-bond acceptors (Lipinski definition) is 6. The number of ether oxygens (including phenoxy) is 1. The van der Waals surface area contributed by atoms with Gasteiger partial charge >= 0.3 is 30.8 Å². The number of nitrogens with one attached hydrogen (secondary N) is 2. The first kappa shape index (κ1) is 40.2. The van der Waals surface area contributed by atoms with E-state index in [1.54, 1.807) is 43.3 Å². The number of aliphatic carboxylic acids is 1. The largest absolute Gasteiger partial charge is 1.00 e. The van der Waals surface area contributed by atoms with Gasteiger partial charge in [-0.1, -0.05) is 60.3 Å². The first-order chi connectivity index (χ1) is 20.1. The van der Waals surface area contributed by atoms with Gasteiger partial charge in [0, 0.05) is 22.2 Å². The molecule has 0 aromatic heterocycles. The normalized spacial score (nSPS) is 28.3. The van der Waals surface area contributed by atoms with Crippen LogP contribution in [0.5, 0.6) is 0 Å². The summed E-state index contributed by atoms with van der Waals surface area (Å²) in [4.78, 5) is 47.2. The Morgan fingerprint density at radius 1 is 0.717 bits per heavy atom. The third kappa shape index (κ3) is 7.06. The molecule has 6 saturated carbocycles. The fraction of sp³-hybridized carbons (Fsp3) is 0.484. The number of carboxylic acid groups (broad SMARTS) is 1. The molecule has 0 spiro atoms. The number of halogens is 4. The average molecular weight is 712 g/mol. The SMILES string of the molecule is COC(=O)[C@@H](C)C12CC(NC(=O)c3ccc(Cl)c(Cl)c3)(C1)C2.C[C@H](C(=O)O)C12CC(NC(=O)c3ccc(Cl)c(Cl)c3)(C1)C2.O.[Li+].[OH-]. The second-order valence-corrected chi connectivity index (χ2v) is 14.4. The zero-order chi connectivity index (χ0) is 31.5. The fourth-order valence-corrected chi connectivity index (χ4v) is 8.10. The van der Waals surface area contributed by atoms with E-state index >= 15 is 0 Å². The van der Waals surface area contributed by atoms with Gasteiger partial charge in [0.05, 0.1) is 39.0 Å². The van der Waals surface area contributed by atoms with E-state index < -0.39 is 5.97 Å². The van der Waals surface area contributed by atoms with Crippen molar-refractivity contribution in [3.05, 3.63) is 67.6 Å². The summed E-state index contributed by atoms with van der Waals surface area (Å²) in [6, 6.07) is 9.60. The molecule has 246 valence electrons. The van der Waals surface area contributed by atoms with Crippen LogP contribution in [0.15, 0.2) is 36.4 Å². The van der Waals surface area contributed by atoms with Crippen LogP contribution >= 0.6 is 46.4 Å². The number of hydrogen-bond donors (Lipinski definition) is 3. The summed E-state index contributed by atoms with van der Waals surface area (Å²) in [7, 11) is 1.41. The molecule has 15 heteroatoms. The van der Waals surface area contributed by atoms with Crippen molar-refractivity contribution in [3.63, 3.8) is 0 Å². The minimum Gasteiger partial charge on any atom is -0.870 e. The Balaban J connectivity index is 0.000000301. The molecule has 10 nitrogen and oxygen atoms in total. The topological polar surface area (TPSA) is 183 Å². The maximum atomic E-state index is 12.3. The maximum Gasteiger partial charge on any atom is 1.00 e. The van der Waals surface area contributed by atoms with Crippen molar-refractivity contribution in [1.29, 1.82) is 0 Å². The monoisotopic (exact) mass is 710 g/mol. The van der Waals surface area contributed by atoms with E-state index in [1.807, 2.05) is 6.92 Å². The predicted molar refractivity (Wildman–Crippen MR) is 169 cm³/mol. The minimum atomic E-state index is -0.765. The molecular formula is C31H35Cl4LiN2O8. The van der Waals surface area contributed by atoms with Gasteiger partial charge in [-0.15, -0.1) is 0 Å². The average Bonchev–Trinajstić information content (AvgIpc) is 2.88. The zero-order valence-corrected chi connectivity index (χ0v) is 28.8. The molecule has 6 N–H and O–H groups in total. The van der Waals surface area contributed by atoms with Gasteiger partial charge < -0.3 is 31.4 Å². The van der Waals surface area contributed by atoms with E-state index in [4.69, 9.17) is 56.2 Å². The molecule has 2 amide bonds. The number of rotatable bonds is 8. The van der Waals surface area contributed by atoms with Crippen LogP contribution in [0.25, 0.3) is 0 Å². The van der Waals surface area contributed by atoms with Crippen molar-refractivity contribution in [3.8, 4) is 0 Å². The fourth-order valence-electron chi connectivity index (χ4n) is 7.51. The summed E-state index contributed by atoms with van der Waals surface area (Å²) in [5, 5.41) is 16.7. The molecule has 6 aliphatic rings. The number of benzene rings is 2. The first-order valence-electron chi connectivity index (χ1n) is 13.9. The summed E-state index contributed by atoms with van der Waals surface area (Å²) in [5.41, 5.74) is 0.427. The molecule has 0 unspecified atom stereocenters. The Morgan fingerprint density at radius 3 is 1.37 bits per heavy atom. The van der Waals surface area contributed by atoms with Crippen LogP contribution in [0.4, 0.5) is 0 Å². The van der Waals surface area contributed by atoms with Gasteiger partial charge in [0.25, 0.3) is 11.8 Å². The smallest absolute Gasteiger partial charge is 0.870 e. The summed E-state index contributed by atoms with van der Waals surface area (Å²) < 4.78 is 4.81. The summed E-state index contributed by atoms with van der Waals surface area (Å²) in [5.74, 6) is -1.77. The number of esters is 1. The molecule has 4 bridgehead atoms. The van der Waals surface area contributed by atoms with Crippen LogP contribution in [0.3, 0.4) is 0 Å². The van der Waals surface area contributed by atoms with Crippen molar-refractivity contribution in [2.45, 2.75) is 63.5 Å². The molecule has 2 aromatic rings. The van der Waals surface area contributed by atoms with Gasteiger partial charge in [0.1, 0.15) is 0 Å². The molecule has 6 fully saturated rings. The van der Waals surface area contributed by atoms with Crippen molar-refractivity contribution in [2.24, 2.45) is 22.7 Å². The van der Waals surface area contributed by atoms with E-state index in [1.165, 1.54) is 7.11 Å². The molecule has 0 aliphatic heterocycles. The third-order valence-electron chi connectivity index (χ3n) is 10.0. The second-order valence-electron chi connectivity index (χ2n) is 12.8. The molecule has 0 heterocycles. The molecule has 0 saturated heterocycles. The summed E-state index contributed by atoms with van der Waals surface area (Å²) in [6.45, 7) is 3.64. The first-order valence-corrected chi connectivity index (χ1v) is 15.4. The van der Waals surface area contributed by atoms with Gasteiger partial charge in [0.15, 0.2) is 0 Å². The van der Waals surface area contributed by atoms with Crippen molar-refractivity contribution in [1.82, 2.24) is 10.6 Å². The van der Waals surface area contributed by atoms with E-state index in [2.05, 4.69) is 10.6 Å². The summed E-state index contributed by atoms with van der Waals surface area (Å²) in [6.07, 6.45) is 4.68. The van der Waals surface area contributed by atoms with Gasteiger partial charge in [-0.25, -0.2) is 0 Å². The number of amides is 2. The second kappa shape index (κ2) is 14.2. The van der Waals surface area contributed by atoms with Crippen molar-refractivity contribution >= 4 is 70.2 Å². The van der Waals surface area contributed by atoms with Crippen molar-refractivity contribution in [2.75, 3.05) is 7.11 Å². The van der Waals surface area contributed by atoms with Crippen LogP contribution in [-0.2, 0) is 14.3 Å². The van der Waals surface area contributed by atoms with Crippen LogP contribution in [0.2, 0.25) is 20.1 Å². The van der Waals surface area contributed by atoms with Crippen LogP contribution in [0, 0.1) is 22.7 Å². The molecule has 6 aliphatic carbocycles. The Bertz CT molecular complexity index is 1500. The molecule has 2 aromatic carbocycles. The van der Waals surface area contributed by atoms with E-state index in [0.29, 0.717) is 31.2 Å². The Morgan fingerprint density at radius 2 is 1.07 bits per heavy atom. The molecule has 46 heavy (non-hydrogen) atoms. The van der Waals surface area contributed by atoms with E-state index in [9.17, 15) is 19.2 Å². The number of carbonyl (C=O) groups excluding carboxylic acids is 3. The van der Waals surface area contributed by atoms with Gasteiger partial charge in [-0.05, 0) is 85.8 Å². The van der Waals surface area contributed by atoms with E-state index in [-0.39, 0.29) is 81.3 Å². The molecule has 0 radical (unpaired) electrons. The molecule has 2 atom stereocenters. The number of methoxy groups -OCH3 is 1. The van der Waals surface area contributed by atoms with Crippen LogP contribution in [0.1, 0.15) is 73.1 Å². The minimum absolute atomic E-state index is 0. The molecule has 8 rings (SSSR count). The quantitative estimate of drug-likeness (QED) is 0.278. The van der Waals surface area contributed by atoms with Crippen LogP contribution in [-0.4, -0.2) is 58.0 Å². The third-order valence-corrected chi connectivity index (χ3v) is 11.5. The van der Waals surface area contributed by atoms with Crippen molar-refractivity contribution < 1.29 is 58.8 Å². The van der Waals surface area contributed by atoms with Gasteiger partial charge in [-0.3, -0.25) is 19.2 Å². The number of carboxylic acids is 1. The predicted octanol–water partition coefficient (Wildman–Crippen LogP) is 2.82. The zero-order valence-electron chi connectivity index (χ0n) is 25.8. The standard InChI is InChI=1S/C16H17Cl2NO3.C15H15Cl2NO3.Li.2H2O/c1-9(14(21)22-2)15-6-16(7-15,8-15)19-13(20)10-3-4-11(17)12(18)5-10;1-8(13(20)21)14-5-15(6-14,7-14)18-12(19)9-2-3-10(16)11(17)4-9;;;/h3-5,9H,6-8H2,1-2H3,(H,19,20);2-4,8H,5-7H2,1H3,(H,18,19)(H,20,21);;2*1H2/q;;+1;;/p-1/t9-,15?,16?;8-,14?,15?;;;/m11.../s1. The number of carbonyl (C=O) groups is 4. The Kier molecular flexibility index (Phi) is 12.4. The summed E-state index contributed by atoms with van der Waals surface area (Å²) >= 11 is 23.5. The van der Waals surface area contributed by atoms with Gasteiger partial charge in [-0.2, -0.15) is 0 Å². The van der Waals surface area contributed by atoms with Crippen LogP contribution < -0.4 is 29.5 Å².